The molecule has 0 spiro atoms. The van der Waals surface area contributed by atoms with Gasteiger partial charge in [-0.25, -0.2) is 0 Å². The van der Waals surface area contributed by atoms with Crippen LogP contribution in [-0.4, -0.2) is 46.9 Å². The van der Waals surface area contributed by atoms with E-state index in [0.29, 0.717) is 19.3 Å². The summed E-state index contributed by atoms with van der Waals surface area (Å²) in [7, 11) is 0. The molecular weight excluding hydrogens is 815 g/mol. The molecule has 6 heteroatoms. The molecule has 0 aliphatic rings. The van der Waals surface area contributed by atoms with Gasteiger partial charge in [-0.3, -0.25) is 9.59 Å². The predicted octanol–water partition coefficient (Wildman–Crippen LogP) is 18.0. The summed E-state index contributed by atoms with van der Waals surface area (Å²) in [5, 5.41) is 23.8. The van der Waals surface area contributed by atoms with E-state index in [1.807, 2.05) is 0 Å². The summed E-state index contributed by atoms with van der Waals surface area (Å²) in [5.41, 5.74) is 0. The molecule has 0 saturated heterocycles. The van der Waals surface area contributed by atoms with Crippen LogP contribution in [0.1, 0.15) is 310 Å². The molecule has 0 aromatic heterocycles. The lowest BCUT2D eigenvalue weighted by molar-refractivity contribution is -0.151. The number of esters is 1. The second-order valence-electron chi connectivity index (χ2n) is 20.1. The quantitative estimate of drug-likeness (QED) is 0.0321. The Morgan fingerprint density at radius 1 is 0.439 bits per heavy atom. The van der Waals surface area contributed by atoms with Crippen LogP contribution < -0.4 is 5.32 Å². The van der Waals surface area contributed by atoms with Crippen molar-refractivity contribution < 1.29 is 24.5 Å². The molecule has 3 unspecified atom stereocenters. The third kappa shape index (κ3) is 48.5. The van der Waals surface area contributed by atoms with Crippen LogP contribution in [0.25, 0.3) is 0 Å². The maximum atomic E-state index is 13.3. The summed E-state index contributed by atoms with van der Waals surface area (Å²) in [6.45, 7) is 6.48. The van der Waals surface area contributed by atoms with E-state index in [0.717, 1.165) is 83.5 Å². The van der Waals surface area contributed by atoms with Crippen molar-refractivity contribution in [3.05, 3.63) is 36.5 Å². The minimum Gasteiger partial charge on any atom is -0.462 e. The summed E-state index contributed by atoms with van der Waals surface area (Å²) in [5.74, 6) is -0.479. The van der Waals surface area contributed by atoms with Gasteiger partial charge in [-0.05, 0) is 64.2 Å². The second kappa shape index (κ2) is 54.0. The van der Waals surface area contributed by atoms with E-state index in [9.17, 15) is 19.8 Å². The summed E-state index contributed by atoms with van der Waals surface area (Å²) in [6, 6.07) is -0.707. The SMILES string of the molecule is CCCCC/C=C\C/C=C\C/C=C\CCCCCCC(CC(=O)NC(CO)C(O)CCCCCCCCCCCCCC)OC(=O)CCCCCCCCCCCCCCCCCCCC. The topological polar surface area (TPSA) is 95.9 Å². The number of nitrogens with one attached hydrogen (secondary N) is 1. The van der Waals surface area contributed by atoms with Crippen molar-refractivity contribution in [3.8, 4) is 0 Å². The molecule has 0 aliphatic heterocycles. The Balaban J connectivity index is 4.57. The van der Waals surface area contributed by atoms with Gasteiger partial charge in [0.05, 0.1) is 25.2 Å². The number of carbonyl (C=O) groups excluding carboxylic acids is 2. The Bertz CT molecular complexity index is 1090. The molecule has 0 radical (unpaired) electrons. The van der Waals surface area contributed by atoms with E-state index in [4.69, 9.17) is 4.74 Å². The Morgan fingerprint density at radius 3 is 1.20 bits per heavy atom. The van der Waals surface area contributed by atoms with E-state index < -0.39 is 18.2 Å². The highest BCUT2D eigenvalue weighted by atomic mass is 16.5. The van der Waals surface area contributed by atoms with Crippen molar-refractivity contribution in [2.75, 3.05) is 6.61 Å². The Kier molecular flexibility index (Phi) is 52.5. The highest BCUT2D eigenvalue weighted by Crippen LogP contribution is 2.19. The molecule has 0 aromatic rings. The number of hydrogen-bond acceptors (Lipinski definition) is 5. The van der Waals surface area contributed by atoms with Crippen molar-refractivity contribution >= 4 is 11.9 Å². The number of rotatable bonds is 53. The fourth-order valence-corrected chi connectivity index (χ4v) is 9.03. The van der Waals surface area contributed by atoms with Gasteiger partial charge in [-0.15, -0.1) is 0 Å². The third-order valence-corrected chi connectivity index (χ3v) is 13.5. The molecule has 3 N–H and O–H groups in total. The van der Waals surface area contributed by atoms with Crippen LogP contribution in [0.15, 0.2) is 36.5 Å². The molecular formula is C60H113NO5. The average molecular weight is 929 g/mol. The van der Waals surface area contributed by atoms with E-state index >= 15 is 0 Å². The van der Waals surface area contributed by atoms with Gasteiger partial charge in [0.1, 0.15) is 6.10 Å². The maximum Gasteiger partial charge on any atom is 0.306 e. The largest absolute Gasteiger partial charge is 0.462 e. The molecule has 0 saturated carbocycles. The van der Waals surface area contributed by atoms with Crippen molar-refractivity contribution in [2.24, 2.45) is 0 Å². The van der Waals surface area contributed by atoms with Crippen LogP contribution >= 0.6 is 0 Å². The summed E-state index contributed by atoms with van der Waals surface area (Å²) in [4.78, 5) is 26.3. The highest BCUT2D eigenvalue weighted by molar-refractivity contribution is 5.77. The zero-order valence-corrected chi connectivity index (χ0v) is 44.3. The van der Waals surface area contributed by atoms with E-state index in [2.05, 4.69) is 62.5 Å². The number of carbonyl (C=O) groups is 2. The molecule has 0 aliphatic carbocycles. The van der Waals surface area contributed by atoms with Gasteiger partial charge in [0.25, 0.3) is 0 Å². The van der Waals surface area contributed by atoms with Gasteiger partial charge in [0.15, 0.2) is 0 Å². The monoisotopic (exact) mass is 928 g/mol. The second-order valence-corrected chi connectivity index (χ2v) is 20.1. The highest BCUT2D eigenvalue weighted by Gasteiger charge is 2.24. The van der Waals surface area contributed by atoms with E-state index in [-0.39, 0.29) is 24.9 Å². The molecule has 0 rings (SSSR count). The normalized spacial score (nSPS) is 13.3. The van der Waals surface area contributed by atoms with Crippen LogP contribution in [0.5, 0.6) is 0 Å². The molecule has 0 aromatic carbocycles. The Morgan fingerprint density at radius 2 is 0.773 bits per heavy atom. The lowest BCUT2D eigenvalue weighted by atomic mass is 10.0. The number of ether oxygens (including phenoxy) is 1. The summed E-state index contributed by atoms with van der Waals surface area (Å²) >= 11 is 0. The molecule has 0 heterocycles. The van der Waals surface area contributed by atoms with Crippen molar-refractivity contribution in [3.63, 3.8) is 0 Å². The Hall–Kier alpha value is -1.92. The number of aliphatic hydroxyl groups excluding tert-OH is 2. The number of unbranched alkanes of at least 4 members (excludes halogenated alkanes) is 35. The minimum absolute atomic E-state index is 0.0671. The third-order valence-electron chi connectivity index (χ3n) is 13.5. The minimum atomic E-state index is -0.792. The van der Waals surface area contributed by atoms with Gasteiger partial charge in [-0.1, -0.05) is 269 Å². The number of aliphatic hydroxyl groups is 2. The van der Waals surface area contributed by atoms with Gasteiger partial charge >= 0.3 is 5.97 Å². The summed E-state index contributed by atoms with van der Waals surface area (Å²) in [6.07, 6.45) is 64.9. The predicted molar refractivity (Wildman–Crippen MR) is 287 cm³/mol. The first-order chi connectivity index (χ1) is 32.5. The van der Waals surface area contributed by atoms with Crippen molar-refractivity contribution in [1.82, 2.24) is 5.32 Å². The first-order valence-corrected chi connectivity index (χ1v) is 29.2. The zero-order valence-electron chi connectivity index (χ0n) is 44.3. The molecule has 3 atom stereocenters. The lowest BCUT2D eigenvalue weighted by Crippen LogP contribution is -2.46. The van der Waals surface area contributed by atoms with Crippen LogP contribution in [0.4, 0.5) is 0 Å². The fourth-order valence-electron chi connectivity index (χ4n) is 9.03. The maximum absolute atomic E-state index is 13.3. The van der Waals surface area contributed by atoms with Crippen LogP contribution in [0, 0.1) is 0 Å². The zero-order chi connectivity index (χ0) is 48.1. The van der Waals surface area contributed by atoms with Crippen molar-refractivity contribution in [1.29, 1.82) is 0 Å². The van der Waals surface area contributed by atoms with Gasteiger partial charge in [0.2, 0.25) is 5.91 Å². The van der Waals surface area contributed by atoms with Gasteiger partial charge in [0, 0.05) is 6.42 Å². The fraction of sp³-hybridized carbons (Fsp3) is 0.867. The standard InChI is InChI=1S/C60H113NO5/c1-4-7-10-13-16-19-22-25-27-29-31-33-35-38-41-44-47-50-53-60(65)66-56(51-48-45-42-39-36-34-32-30-28-26-23-20-17-14-11-8-5-2)54-59(64)61-57(55-62)58(63)52-49-46-43-40-37-24-21-18-15-12-9-6-3/h17,20,26,28,32,34,56-58,62-63H,4-16,18-19,21-25,27,29-31,33,35-55H2,1-3H3,(H,61,64)/b20-17-,28-26-,34-32-. The molecule has 1 amide bonds. The molecule has 388 valence electrons. The first-order valence-electron chi connectivity index (χ1n) is 29.2. The van der Waals surface area contributed by atoms with Gasteiger partial charge in [-0.2, -0.15) is 0 Å². The summed E-state index contributed by atoms with van der Waals surface area (Å²) < 4.78 is 5.96. The number of allylic oxidation sites excluding steroid dienone is 6. The molecule has 66 heavy (non-hydrogen) atoms. The van der Waals surface area contributed by atoms with Crippen molar-refractivity contribution in [2.45, 2.75) is 328 Å². The Labute approximate surface area is 411 Å². The smallest absolute Gasteiger partial charge is 0.306 e. The lowest BCUT2D eigenvalue weighted by Gasteiger charge is -2.24. The van der Waals surface area contributed by atoms with Crippen LogP contribution in [0.3, 0.4) is 0 Å². The number of amides is 1. The van der Waals surface area contributed by atoms with E-state index in [1.165, 1.54) is 180 Å². The average Bonchev–Trinajstić information content (AvgIpc) is 3.31. The molecule has 0 bridgehead atoms. The number of hydrogen-bond donors (Lipinski definition) is 3. The molecule has 0 fully saturated rings. The van der Waals surface area contributed by atoms with E-state index in [1.54, 1.807) is 0 Å². The van der Waals surface area contributed by atoms with Gasteiger partial charge < -0.3 is 20.3 Å². The molecule has 6 nitrogen and oxygen atoms in total. The van der Waals surface area contributed by atoms with Crippen LogP contribution in [-0.2, 0) is 14.3 Å². The van der Waals surface area contributed by atoms with Crippen LogP contribution in [0.2, 0.25) is 0 Å². The first kappa shape index (κ1) is 64.1.